The molecule has 0 atom stereocenters. The molecule has 0 spiro atoms. The van der Waals surface area contributed by atoms with Gasteiger partial charge in [0.25, 0.3) is 5.91 Å². The molecule has 9 nitrogen and oxygen atoms in total. The van der Waals surface area contributed by atoms with Crippen molar-refractivity contribution >= 4 is 40.1 Å². The number of nitrogens with one attached hydrogen (secondary N) is 3. The molecule has 0 radical (unpaired) electrons. The van der Waals surface area contributed by atoms with Crippen LogP contribution in [0, 0.1) is 12.7 Å². The molecule has 0 saturated heterocycles. The number of rotatable bonds is 5. The van der Waals surface area contributed by atoms with Crippen molar-refractivity contribution in [1.29, 1.82) is 0 Å². The summed E-state index contributed by atoms with van der Waals surface area (Å²) in [6, 6.07) is 9.93. The molecular weight excluding hydrogens is 455 g/mol. The maximum absolute atomic E-state index is 13.4. The number of anilines is 1. The SMILES string of the molecule is Cc1nn(C)c2nc(C3CC3)cc(C(=O)NNC(=S)Nc3ccn(Cc4cccc(F)c4)n3)c12. The fourth-order valence-electron chi connectivity index (χ4n) is 3.90. The van der Waals surface area contributed by atoms with Crippen molar-refractivity contribution in [3.8, 4) is 0 Å². The van der Waals surface area contributed by atoms with E-state index in [4.69, 9.17) is 17.2 Å². The summed E-state index contributed by atoms with van der Waals surface area (Å²) in [6.07, 6.45) is 3.91. The van der Waals surface area contributed by atoms with E-state index in [1.165, 1.54) is 12.1 Å². The minimum absolute atomic E-state index is 0.181. The van der Waals surface area contributed by atoms with Gasteiger partial charge in [0.15, 0.2) is 16.6 Å². The number of hydrogen-bond acceptors (Lipinski definition) is 5. The van der Waals surface area contributed by atoms with E-state index in [0.717, 1.165) is 35.2 Å². The van der Waals surface area contributed by atoms with E-state index in [-0.39, 0.29) is 16.8 Å². The summed E-state index contributed by atoms with van der Waals surface area (Å²) in [5.74, 6) is 0.269. The van der Waals surface area contributed by atoms with E-state index in [9.17, 15) is 9.18 Å². The summed E-state index contributed by atoms with van der Waals surface area (Å²) in [4.78, 5) is 17.8. The van der Waals surface area contributed by atoms with Crippen LogP contribution in [0.15, 0.2) is 42.6 Å². The maximum atomic E-state index is 13.4. The Kier molecular flexibility index (Phi) is 5.70. The molecule has 0 unspecified atom stereocenters. The van der Waals surface area contributed by atoms with E-state index in [0.29, 0.717) is 29.5 Å². The third-order valence-corrected chi connectivity index (χ3v) is 5.84. The highest BCUT2D eigenvalue weighted by Crippen LogP contribution is 2.40. The Morgan fingerprint density at radius 3 is 2.79 bits per heavy atom. The van der Waals surface area contributed by atoms with Crippen LogP contribution >= 0.6 is 12.2 Å². The zero-order valence-electron chi connectivity index (χ0n) is 18.7. The summed E-state index contributed by atoms with van der Waals surface area (Å²) in [6.45, 7) is 2.28. The number of hydrazine groups is 1. The number of thiocarbonyl (C=S) groups is 1. The van der Waals surface area contributed by atoms with Crippen LogP contribution in [0.1, 0.15) is 46.1 Å². The predicted molar refractivity (Wildman–Crippen MR) is 130 cm³/mol. The highest BCUT2D eigenvalue weighted by molar-refractivity contribution is 7.80. The molecule has 174 valence electrons. The van der Waals surface area contributed by atoms with Gasteiger partial charge in [0.2, 0.25) is 0 Å². The van der Waals surface area contributed by atoms with Crippen LogP contribution in [0.5, 0.6) is 0 Å². The number of benzene rings is 1. The Balaban J connectivity index is 1.24. The molecule has 0 aliphatic heterocycles. The molecule has 34 heavy (non-hydrogen) atoms. The van der Waals surface area contributed by atoms with Gasteiger partial charge in [-0.3, -0.25) is 25.0 Å². The van der Waals surface area contributed by atoms with Crippen LogP contribution in [0.4, 0.5) is 10.2 Å². The van der Waals surface area contributed by atoms with Gasteiger partial charge in [0, 0.05) is 30.9 Å². The highest BCUT2D eigenvalue weighted by atomic mass is 32.1. The van der Waals surface area contributed by atoms with Gasteiger partial charge >= 0.3 is 0 Å². The molecular formula is C23H23FN8OS. The van der Waals surface area contributed by atoms with Gasteiger partial charge in [-0.1, -0.05) is 12.1 Å². The minimum atomic E-state index is -0.328. The zero-order valence-corrected chi connectivity index (χ0v) is 19.5. The number of fused-ring (bicyclic) bond motifs is 1. The van der Waals surface area contributed by atoms with Crippen molar-refractivity contribution in [3.05, 3.63) is 70.9 Å². The third kappa shape index (κ3) is 4.60. The molecule has 1 fully saturated rings. The first-order chi connectivity index (χ1) is 16.4. The highest BCUT2D eigenvalue weighted by Gasteiger charge is 2.28. The molecule has 3 N–H and O–H groups in total. The van der Waals surface area contributed by atoms with Gasteiger partial charge in [-0.15, -0.1) is 0 Å². The topological polar surface area (TPSA) is 102 Å². The summed E-state index contributed by atoms with van der Waals surface area (Å²) in [5.41, 5.74) is 9.02. The van der Waals surface area contributed by atoms with Crippen molar-refractivity contribution in [1.82, 2.24) is 35.4 Å². The molecule has 0 bridgehead atoms. The van der Waals surface area contributed by atoms with Gasteiger partial charge < -0.3 is 5.32 Å². The van der Waals surface area contributed by atoms with Crippen molar-refractivity contribution in [2.75, 3.05) is 5.32 Å². The second-order valence-electron chi connectivity index (χ2n) is 8.34. The van der Waals surface area contributed by atoms with Gasteiger partial charge in [-0.05, 0) is 55.7 Å². The van der Waals surface area contributed by atoms with Crippen LogP contribution in [0.2, 0.25) is 0 Å². The number of hydrogen-bond donors (Lipinski definition) is 3. The molecule has 11 heteroatoms. The fourth-order valence-corrected chi connectivity index (χ4v) is 4.05. The Morgan fingerprint density at radius 1 is 1.21 bits per heavy atom. The van der Waals surface area contributed by atoms with Crippen molar-refractivity contribution in [3.63, 3.8) is 0 Å². The molecule has 3 heterocycles. The first-order valence-corrected chi connectivity index (χ1v) is 11.3. The lowest BCUT2D eigenvalue weighted by atomic mass is 10.1. The average molecular weight is 479 g/mol. The third-order valence-electron chi connectivity index (χ3n) is 5.63. The summed E-state index contributed by atoms with van der Waals surface area (Å²) in [7, 11) is 1.82. The normalized spacial score (nSPS) is 13.1. The van der Waals surface area contributed by atoms with Gasteiger partial charge in [0.05, 0.1) is 23.2 Å². The number of halogens is 1. The van der Waals surface area contributed by atoms with Crippen LogP contribution in [0.3, 0.4) is 0 Å². The second kappa shape index (κ2) is 8.82. The lowest BCUT2D eigenvalue weighted by molar-refractivity contribution is 0.0945. The average Bonchev–Trinajstić information content (AvgIpc) is 3.51. The lowest BCUT2D eigenvalue weighted by Gasteiger charge is -2.12. The lowest BCUT2D eigenvalue weighted by Crippen LogP contribution is -2.44. The molecule has 4 aromatic rings. The van der Waals surface area contributed by atoms with Crippen LogP contribution in [0.25, 0.3) is 11.0 Å². The standard InChI is InChI=1S/C23H23FN8OS/c1-13-20-17(11-18(15-6-7-15)25-21(20)31(2)29-13)22(33)27-28-23(34)26-19-8-9-32(30-19)12-14-4-3-5-16(24)10-14/h3-5,8-11,15H,6-7,12H2,1-2H3,(H,27,33)(H2,26,28,30,34). The molecule has 1 aliphatic carbocycles. The van der Waals surface area contributed by atoms with E-state index < -0.39 is 0 Å². The molecule has 1 saturated carbocycles. The number of amides is 1. The van der Waals surface area contributed by atoms with E-state index in [2.05, 4.69) is 26.4 Å². The molecule has 5 rings (SSSR count). The summed E-state index contributed by atoms with van der Waals surface area (Å²) < 4.78 is 16.7. The number of carbonyl (C=O) groups excluding carboxylic acids is 1. The minimum Gasteiger partial charge on any atom is -0.315 e. The fraction of sp³-hybridized carbons (Fsp3) is 0.261. The molecule has 1 aliphatic rings. The van der Waals surface area contributed by atoms with Crippen molar-refractivity contribution in [2.24, 2.45) is 7.05 Å². The maximum Gasteiger partial charge on any atom is 0.270 e. The number of nitrogens with zero attached hydrogens (tertiary/aromatic N) is 5. The quantitative estimate of drug-likeness (QED) is 0.299. The van der Waals surface area contributed by atoms with Crippen LogP contribution < -0.4 is 16.2 Å². The van der Waals surface area contributed by atoms with Gasteiger partial charge in [-0.25, -0.2) is 9.37 Å². The number of carbonyl (C=O) groups is 1. The molecule has 1 amide bonds. The predicted octanol–water partition coefficient (Wildman–Crippen LogP) is 3.17. The zero-order chi connectivity index (χ0) is 23.8. The van der Waals surface area contributed by atoms with Gasteiger partial charge in [0.1, 0.15) is 5.82 Å². The largest absolute Gasteiger partial charge is 0.315 e. The summed E-state index contributed by atoms with van der Waals surface area (Å²) >= 11 is 5.30. The van der Waals surface area contributed by atoms with Gasteiger partial charge in [-0.2, -0.15) is 10.2 Å². The smallest absolute Gasteiger partial charge is 0.270 e. The molecule has 3 aromatic heterocycles. The monoisotopic (exact) mass is 478 g/mol. The van der Waals surface area contributed by atoms with Crippen LogP contribution in [-0.2, 0) is 13.6 Å². The Bertz CT molecular complexity index is 1410. The second-order valence-corrected chi connectivity index (χ2v) is 8.75. The Labute approximate surface area is 200 Å². The summed E-state index contributed by atoms with van der Waals surface area (Å²) in [5, 5.41) is 12.6. The number of aromatic nitrogens is 5. The van der Waals surface area contributed by atoms with Crippen LogP contribution in [-0.4, -0.2) is 35.6 Å². The van der Waals surface area contributed by atoms with Crippen molar-refractivity contribution in [2.45, 2.75) is 32.2 Å². The van der Waals surface area contributed by atoms with E-state index in [1.807, 2.05) is 26.1 Å². The first kappa shape index (κ1) is 22.0. The van der Waals surface area contributed by atoms with Crippen molar-refractivity contribution < 1.29 is 9.18 Å². The first-order valence-electron chi connectivity index (χ1n) is 10.9. The Morgan fingerprint density at radius 2 is 2.03 bits per heavy atom. The van der Waals surface area contributed by atoms with E-state index >= 15 is 0 Å². The Hall–Kier alpha value is -3.86. The molecule has 1 aromatic carbocycles. The number of aryl methyl sites for hydroxylation is 2. The number of pyridine rings is 1. The van der Waals surface area contributed by atoms with E-state index in [1.54, 1.807) is 27.7 Å².